The minimum Gasteiger partial charge on any atom is -0.377 e. The van der Waals surface area contributed by atoms with Crippen LogP contribution >= 0.6 is 0 Å². The first-order valence-corrected chi connectivity index (χ1v) is 8.28. The van der Waals surface area contributed by atoms with Crippen LogP contribution in [0.5, 0.6) is 0 Å². The maximum Gasteiger partial charge on any atom is 0.0829 e. The molecule has 1 atom stereocenters. The van der Waals surface area contributed by atoms with E-state index in [9.17, 15) is 0 Å². The smallest absolute Gasteiger partial charge is 0.0829 e. The molecule has 2 saturated carbocycles. The van der Waals surface area contributed by atoms with Gasteiger partial charge in [-0.05, 0) is 43.4 Å². The van der Waals surface area contributed by atoms with Gasteiger partial charge < -0.3 is 10.5 Å². The molecule has 2 heteroatoms. The summed E-state index contributed by atoms with van der Waals surface area (Å²) in [7, 11) is 1.87. The maximum absolute atomic E-state index is 6.59. The first-order valence-electron chi connectivity index (χ1n) is 8.28. The zero-order valence-corrected chi connectivity index (χ0v) is 13.2. The van der Waals surface area contributed by atoms with Crippen molar-refractivity contribution in [2.24, 2.45) is 17.1 Å². The van der Waals surface area contributed by atoms with E-state index in [0.29, 0.717) is 5.41 Å². The fraction of sp³-hybridized carbons (Fsp3) is 1.00. The minimum atomic E-state index is -0.0348. The standard InChI is InChI=1S/C17H33NO/c1-16(2)9-11-17(19-3,12-10-16)15(18)13-14-7-5-4-6-8-14/h14-15H,4-13,18H2,1-3H3. The van der Waals surface area contributed by atoms with Crippen LogP contribution in [0.1, 0.15) is 78.1 Å². The second-order valence-corrected chi connectivity index (χ2v) is 7.78. The normalized spacial score (nSPS) is 29.1. The molecule has 0 aromatic carbocycles. The second kappa shape index (κ2) is 6.13. The molecule has 0 amide bonds. The summed E-state index contributed by atoms with van der Waals surface area (Å²) < 4.78 is 5.95. The summed E-state index contributed by atoms with van der Waals surface area (Å²) in [4.78, 5) is 0. The summed E-state index contributed by atoms with van der Waals surface area (Å²) in [5, 5.41) is 0. The first-order chi connectivity index (χ1) is 8.97. The molecule has 0 bridgehead atoms. The van der Waals surface area contributed by atoms with Gasteiger partial charge in [-0.25, -0.2) is 0 Å². The largest absolute Gasteiger partial charge is 0.377 e. The van der Waals surface area contributed by atoms with Gasteiger partial charge in [-0.1, -0.05) is 46.0 Å². The van der Waals surface area contributed by atoms with Crippen molar-refractivity contribution in [1.29, 1.82) is 0 Å². The van der Waals surface area contributed by atoms with Crippen molar-refractivity contribution >= 4 is 0 Å². The highest BCUT2D eigenvalue weighted by Crippen LogP contribution is 2.44. The Morgan fingerprint density at radius 1 is 1.05 bits per heavy atom. The number of rotatable bonds is 4. The molecular formula is C17H33NO. The molecular weight excluding hydrogens is 234 g/mol. The molecule has 2 aliphatic rings. The third-order valence-corrected chi connectivity index (χ3v) is 5.84. The van der Waals surface area contributed by atoms with Crippen LogP contribution in [-0.4, -0.2) is 18.8 Å². The average molecular weight is 267 g/mol. The van der Waals surface area contributed by atoms with Gasteiger partial charge >= 0.3 is 0 Å². The molecule has 2 fully saturated rings. The quantitative estimate of drug-likeness (QED) is 0.825. The molecule has 2 aliphatic carbocycles. The summed E-state index contributed by atoms with van der Waals surface area (Å²) in [6.07, 6.45) is 13.0. The van der Waals surface area contributed by atoms with Gasteiger partial charge in [0.2, 0.25) is 0 Å². The number of hydrogen-bond donors (Lipinski definition) is 1. The molecule has 0 aromatic rings. The summed E-state index contributed by atoms with van der Waals surface area (Å²) >= 11 is 0. The lowest BCUT2D eigenvalue weighted by Crippen LogP contribution is -2.53. The Morgan fingerprint density at radius 2 is 1.63 bits per heavy atom. The zero-order valence-electron chi connectivity index (χ0n) is 13.2. The topological polar surface area (TPSA) is 35.2 Å². The van der Waals surface area contributed by atoms with Crippen molar-refractivity contribution < 1.29 is 4.74 Å². The van der Waals surface area contributed by atoms with Crippen LogP contribution in [0.25, 0.3) is 0 Å². The van der Waals surface area contributed by atoms with E-state index in [2.05, 4.69) is 13.8 Å². The van der Waals surface area contributed by atoms with Gasteiger partial charge in [0.05, 0.1) is 5.60 Å². The van der Waals surface area contributed by atoms with Crippen molar-refractivity contribution in [3.8, 4) is 0 Å². The van der Waals surface area contributed by atoms with Crippen molar-refractivity contribution in [3.05, 3.63) is 0 Å². The molecule has 2 N–H and O–H groups in total. The molecule has 0 radical (unpaired) electrons. The number of methoxy groups -OCH3 is 1. The number of nitrogens with two attached hydrogens (primary N) is 1. The predicted molar refractivity (Wildman–Crippen MR) is 81.2 cm³/mol. The van der Waals surface area contributed by atoms with Crippen LogP contribution < -0.4 is 5.73 Å². The SMILES string of the molecule is COC1(C(N)CC2CCCCC2)CCC(C)(C)CC1. The molecule has 1 unspecified atom stereocenters. The molecule has 0 saturated heterocycles. The van der Waals surface area contributed by atoms with E-state index in [1.165, 1.54) is 51.4 Å². The molecule has 0 spiro atoms. The Bertz CT molecular complexity index is 271. The molecule has 19 heavy (non-hydrogen) atoms. The van der Waals surface area contributed by atoms with Crippen LogP contribution in [0, 0.1) is 11.3 Å². The lowest BCUT2D eigenvalue weighted by molar-refractivity contribution is -0.0830. The van der Waals surface area contributed by atoms with E-state index >= 15 is 0 Å². The van der Waals surface area contributed by atoms with Crippen molar-refractivity contribution in [3.63, 3.8) is 0 Å². The fourth-order valence-electron chi connectivity index (χ4n) is 4.07. The van der Waals surface area contributed by atoms with Crippen LogP contribution in [0.15, 0.2) is 0 Å². The Morgan fingerprint density at radius 3 is 2.16 bits per heavy atom. The molecule has 0 aromatic heterocycles. The molecule has 112 valence electrons. The highest BCUT2D eigenvalue weighted by atomic mass is 16.5. The first kappa shape index (κ1) is 15.3. The Hall–Kier alpha value is -0.0800. The second-order valence-electron chi connectivity index (χ2n) is 7.78. The summed E-state index contributed by atoms with van der Waals surface area (Å²) in [5.41, 5.74) is 7.03. The van der Waals surface area contributed by atoms with Gasteiger partial charge in [0.15, 0.2) is 0 Å². The van der Waals surface area contributed by atoms with E-state index < -0.39 is 0 Å². The monoisotopic (exact) mass is 267 g/mol. The van der Waals surface area contributed by atoms with Crippen molar-refractivity contribution in [2.45, 2.75) is 89.7 Å². The van der Waals surface area contributed by atoms with Crippen LogP contribution in [0.4, 0.5) is 0 Å². The zero-order chi connectivity index (χ0) is 13.9. The molecule has 0 heterocycles. The van der Waals surface area contributed by atoms with Gasteiger partial charge in [-0.15, -0.1) is 0 Å². The van der Waals surface area contributed by atoms with Crippen molar-refractivity contribution in [1.82, 2.24) is 0 Å². The molecule has 0 aliphatic heterocycles. The molecule has 2 rings (SSSR count). The number of hydrogen-bond acceptors (Lipinski definition) is 2. The lowest BCUT2D eigenvalue weighted by atomic mass is 9.67. The Balaban J connectivity index is 1.92. The van der Waals surface area contributed by atoms with E-state index in [-0.39, 0.29) is 11.6 Å². The fourth-order valence-corrected chi connectivity index (χ4v) is 4.07. The van der Waals surface area contributed by atoms with Crippen LogP contribution in [0.2, 0.25) is 0 Å². The van der Waals surface area contributed by atoms with Crippen molar-refractivity contribution in [2.75, 3.05) is 7.11 Å². The van der Waals surface area contributed by atoms with Gasteiger partial charge in [0.25, 0.3) is 0 Å². The van der Waals surface area contributed by atoms with Gasteiger partial charge in [0.1, 0.15) is 0 Å². The number of ether oxygens (including phenoxy) is 1. The third kappa shape index (κ3) is 3.72. The highest BCUT2D eigenvalue weighted by molar-refractivity contribution is 4.98. The predicted octanol–water partition coefficient (Wildman–Crippen LogP) is 4.27. The van der Waals surface area contributed by atoms with Gasteiger partial charge in [-0.2, -0.15) is 0 Å². The summed E-state index contributed by atoms with van der Waals surface area (Å²) in [6, 6.07) is 0.233. The van der Waals surface area contributed by atoms with Gasteiger partial charge in [0, 0.05) is 13.2 Å². The average Bonchev–Trinajstić information content (AvgIpc) is 2.40. The Labute approximate surface area is 119 Å². The minimum absolute atomic E-state index is 0.0348. The summed E-state index contributed by atoms with van der Waals surface area (Å²) in [6.45, 7) is 4.75. The van der Waals surface area contributed by atoms with Gasteiger partial charge in [-0.3, -0.25) is 0 Å². The van der Waals surface area contributed by atoms with E-state index in [4.69, 9.17) is 10.5 Å². The lowest BCUT2D eigenvalue weighted by Gasteiger charge is -2.46. The van der Waals surface area contributed by atoms with E-state index in [1.54, 1.807) is 0 Å². The van der Waals surface area contributed by atoms with Crippen LogP contribution in [0.3, 0.4) is 0 Å². The third-order valence-electron chi connectivity index (χ3n) is 5.84. The summed E-state index contributed by atoms with van der Waals surface area (Å²) in [5.74, 6) is 0.853. The molecule has 2 nitrogen and oxygen atoms in total. The van der Waals surface area contributed by atoms with Crippen LogP contribution in [-0.2, 0) is 4.74 Å². The maximum atomic E-state index is 6.59. The highest BCUT2D eigenvalue weighted by Gasteiger charge is 2.43. The van der Waals surface area contributed by atoms with E-state index in [0.717, 1.165) is 18.8 Å². The Kier molecular flexibility index (Phi) is 4.94. The van der Waals surface area contributed by atoms with E-state index in [1.807, 2.05) is 7.11 Å².